The third-order valence-corrected chi connectivity index (χ3v) is 4.67. The zero-order valence-corrected chi connectivity index (χ0v) is 13.5. The van der Waals surface area contributed by atoms with Crippen molar-refractivity contribution >= 4 is 23.6 Å². The molecule has 1 aliphatic heterocycles. The second-order valence-corrected chi connectivity index (χ2v) is 6.28. The molecule has 0 saturated carbocycles. The van der Waals surface area contributed by atoms with Crippen molar-refractivity contribution in [2.24, 2.45) is 0 Å². The highest BCUT2D eigenvalue weighted by molar-refractivity contribution is 7.99. The molecule has 3 N–H and O–H groups in total. The molecule has 0 radical (unpaired) electrons. The summed E-state index contributed by atoms with van der Waals surface area (Å²) < 4.78 is 0. The van der Waals surface area contributed by atoms with Crippen LogP contribution in [0.4, 0.5) is 10.6 Å². The zero-order chi connectivity index (χ0) is 15.9. The van der Waals surface area contributed by atoms with Gasteiger partial charge in [-0.1, -0.05) is 18.2 Å². The molecule has 0 unspecified atom stereocenters. The first-order valence-corrected chi connectivity index (χ1v) is 8.57. The maximum atomic E-state index is 12.0. The number of nitrogens with zero attached hydrogens (tertiary/aromatic N) is 2. The van der Waals surface area contributed by atoms with Crippen LogP contribution in [0.2, 0.25) is 0 Å². The van der Waals surface area contributed by atoms with Gasteiger partial charge in [-0.05, 0) is 18.1 Å². The standard InChI is InChI=1S/C16H19N5OS/c22-16(20-9-8-19-15-11-17-6-7-18-15)21-13-5-10-23-14-4-2-1-3-12(13)14/h1-4,6-7,11,13H,5,8-10H2,(H,18,19)(H2,20,21,22)/t13-/m0/s1. The SMILES string of the molecule is O=C(NCCNc1cnccn1)N[C@H]1CCSc2ccccc21. The quantitative estimate of drug-likeness (QED) is 0.734. The molecule has 7 heteroatoms. The molecule has 23 heavy (non-hydrogen) atoms. The molecule has 0 bridgehead atoms. The van der Waals surface area contributed by atoms with Gasteiger partial charge >= 0.3 is 6.03 Å². The van der Waals surface area contributed by atoms with E-state index in [9.17, 15) is 4.79 Å². The summed E-state index contributed by atoms with van der Waals surface area (Å²) in [4.78, 5) is 21.4. The maximum absolute atomic E-state index is 12.0. The second-order valence-electron chi connectivity index (χ2n) is 5.15. The van der Waals surface area contributed by atoms with Gasteiger partial charge in [0.15, 0.2) is 0 Å². The minimum absolute atomic E-state index is 0.0837. The van der Waals surface area contributed by atoms with Gasteiger partial charge in [-0.2, -0.15) is 0 Å². The van der Waals surface area contributed by atoms with Crippen molar-refractivity contribution in [3.05, 3.63) is 48.4 Å². The van der Waals surface area contributed by atoms with Crippen LogP contribution < -0.4 is 16.0 Å². The molecule has 2 amide bonds. The van der Waals surface area contributed by atoms with Gasteiger partial charge in [0.25, 0.3) is 0 Å². The van der Waals surface area contributed by atoms with E-state index in [1.54, 1.807) is 18.6 Å². The predicted molar refractivity (Wildman–Crippen MR) is 91.6 cm³/mol. The topological polar surface area (TPSA) is 78.9 Å². The molecular formula is C16H19N5OS. The van der Waals surface area contributed by atoms with E-state index in [-0.39, 0.29) is 12.1 Å². The average Bonchev–Trinajstić information content (AvgIpc) is 2.60. The van der Waals surface area contributed by atoms with E-state index in [1.165, 1.54) is 10.5 Å². The lowest BCUT2D eigenvalue weighted by Gasteiger charge is -2.25. The van der Waals surface area contributed by atoms with E-state index in [1.807, 2.05) is 23.9 Å². The highest BCUT2D eigenvalue weighted by Gasteiger charge is 2.21. The zero-order valence-electron chi connectivity index (χ0n) is 12.7. The molecule has 0 aliphatic carbocycles. The molecule has 1 atom stereocenters. The van der Waals surface area contributed by atoms with Gasteiger partial charge in [0.05, 0.1) is 12.2 Å². The van der Waals surface area contributed by atoms with Crippen LogP contribution in [0.25, 0.3) is 0 Å². The third kappa shape index (κ3) is 4.35. The van der Waals surface area contributed by atoms with Gasteiger partial charge < -0.3 is 16.0 Å². The predicted octanol–water partition coefficient (Wildman–Crippen LogP) is 2.42. The van der Waals surface area contributed by atoms with E-state index < -0.39 is 0 Å². The number of amides is 2. The van der Waals surface area contributed by atoms with Crippen molar-refractivity contribution < 1.29 is 4.79 Å². The van der Waals surface area contributed by atoms with Gasteiger partial charge in [0.2, 0.25) is 0 Å². The van der Waals surface area contributed by atoms with Crippen LogP contribution >= 0.6 is 11.8 Å². The van der Waals surface area contributed by atoms with E-state index in [2.05, 4.69) is 38.1 Å². The molecular weight excluding hydrogens is 310 g/mol. The molecule has 0 fully saturated rings. The summed E-state index contributed by atoms with van der Waals surface area (Å²) in [6, 6.07) is 8.19. The number of anilines is 1. The average molecular weight is 329 g/mol. The Morgan fingerprint density at radius 1 is 1.26 bits per heavy atom. The van der Waals surface area contributed by atoms with Crippen molar-refractivity contribution in [3.63, 3.8) is 0 Å². The number of nitrogens with one attached hydrogen (secondary N) is 3. The van der Waals surface area contributed by atoms with Crippen LogP contribution in [0.1, 0.15) is 18.0 Å². The fourth-order valence-electron chi connectivity index (χ4n) is 2.46. The number of carbonyl (C=O) groups excluding carboxylic acids is 1. The van der Waals surface area contributed by atoms with Crippen molar-refractivity contribution in [2.45, 2.75) is 17.4 Å². The van der Waals surface area contributed by atoms with Crippen LogP contribution in [0.5, 0.6) is 0 Å². The molecule has 0 spiro atoms. The Morgan fingerprint density at radius 3 is 3.04 bits per heavy atom. The summed E-state index contributed by atoms with van der Waals surface area (Å²) in [5, 5.41) is 9.02. The van der Waals surface area contributed by atoms with Gasteiger partial charge in [-0.15, -0.1) is 11.8 Å². The Labute approximate surface area is 139 Å². The van der Waals surface area contributed by atoms with E-state index in [0.29, 0.717) is 18.9 Å². The van der Waals surface area contributed by atoms with Crippen molar-refractivity contribution in [1.82, 2.24) is 20.6 Å². The van der Waals surface area contributed by atoms with E-state index in [0.717, 1.165) is 12.2 Å². The Hall–Kier alpha value is -2.28. The first kappa shape index (κ1) is 15.6. The van der Waals surface area contributed by atoms with Crippen LogP contribution in [0.3, 0.4) is 0 Å². The molecule has 6 nitrogen and oxygen atoms in total. The molecule has 1 aromatic heterocycles. The van der Waals surface area contributed by atoms with Gasteiger partial charge in [0.1, 0.15) is 5.82 Å². The van der Waals surface area contributed by atoms with Crippen molar-refractivity contribution in [2.75, 3.05) is 24.2 Å². The van der Waals surface area contributed by atoms with Crippen LogP contribution in [-0.2, 0) is 0 Å². The third-order valence-electron chi connectivity index (χ3n) is 3.54. The van der Waals surface area contributed by atoms with Gasteiger partial charge in [0, 0.05) is 36.1 Å². The Balaban J connectivity index is 1.43. The number of rotatable bonds is 5. The summed E-state index contributed by atoms with van der Waals surface area (Å²) in [5.74, 6) is 1.73. The number of aromatic nitrogens is 2. The molecule has 2 aromatic rings. The number of benzene rings is 1. The molecule has 1 aromatic carbocycles. The molecule has 3 rings (SSSR count). The lowest BCUT2D eigenvalue weighted by Crippen LogP contribution is -2.40. The largest absolute Gasteiger partial charge is 0.367 e. The van der Waals surface area contributed by atoms with Gasteiger partial charge in [-0.25, -0.2) is 9.78 Å². The fourth-order valence-corrected chi connectivity index (χ4v) is 3.58. The summed E-state index contributed by atoms with van der Waals surface area (Å²) in [7, 11) is 0. The van der Waals surface area contributed by atoms with Crippen LogP contribution in [-0.4, -0.2) is 34.8 Å². The smallest absolute Gasteiger partial charge is 0.315 e. The number of hydrogen-bond donors (Lipinski definition) is 3. The monoisotopic (exact) mass is 329 g/mol. The first-order valence-electron chi connectivity index (χ1n) is 7.59. The van der Waals surface area contributed by atoms with Crippen molar-refractivity contribution in [3.8, 4) is 0 Å². The van der Waals surface area contributed by atoms with Gasteiger partial charge in [-0.3, -0.25) is 4.98 Å². The summed E-state index contributed by atoms with van der Waals surface area (Å²) in [6.45, 7) is 1.12. The maximum Gasteiger partial charge on any atom is 0.315 e. The summed E-state index contributed by atoms with van der Waals surface area (Å²) in [6.07, 6.45) is 5.85. The highest BCUT2D eigenvalue weighted by Crippen LogP contribution is 2.35. The lowest BCUT2D eigenvalue weighted by atomic mass is 10.0. The first-order chi connectivity index (χ1) is 11.3. The number of fused-ring (bicyclic) bond motifs is 1. The Morgan fingerprint density at radius 2 is 2.17 bits per heavy atom. The van der Waals surface area contributed by atoms with E-state index in [4.69, 9.17) is 0 Å². The lowest BCUT2D eigenvalue weighted by molar-refractivity contribution is 0.237. The van der Waals surface area contributed by atoms with E-state index >= 15 is 0 Å². The number of thioether (sulfide) groups is 1. The minimum Gasteiger partial charge on any atom is -0.367 e. The fraction of sp³-hybridized carbons (Fsp3) is 0.312. The molecule has 2 heterocycles. The van der Waals surface area contributed by atoms with Crippen molar-refractivity contribution in [1.29, 1.82) is 0 Å². The summed E-state index contributed by atoms with van der Waals surface area (Å²) in [5.41, 5.74) is 1.21. The van der Waals surface area contributed by atoms with Crippen LogP contribution in [0, 0.1) is 0 Å². The summed E-state index contributed by atoms with van der Waals surface area (Å²) >= 11 is 1.84. The number of carbonyl (C=O) groups is 1. The minimum atomic E-state index is -0.141. The highest BCUT2D eigenvalue weighted by atomic mass is 32.2. The Bertz CT molecular complexity index is 652. The van der Waals surface area contributed by atoms with Crippen LogP contribution in [0.15, 0.2) is 47.8 Å². The molecule has 0 saturated heterocycles. The molecule has 1 aliphatic rings. The number of hydrogen-bond acceptors (Lipinski definition) is 5. The normalized spacial score (nSPS) is 16.3. The second kappa shape index (κ2) is 7.82. The number of urea groups is 1. The molecule has 120 valence electrons. The Kier molecular flexibility index (Phi) is 5.31.